The molecule has 0 aliphatic carbocycles. The highest BCUT2D eigenvalue weighted by molar-refractivity contribution is 6.32. The molecule has 2 rings (SSSR count). The number of halogens is 1. The number of anilines is 1. The van der Waals surface area contributed by atoms with E-state index in [0.29, 0.717) is 22.2 Å². The van der Waals surface area contributed by atoms with Crippen LogP contribution in [0, 0.1) is 5.41 Å². The summed E-state index contributed by atoms with van der Waals surface area (Å²) in [5.74, 6) is 0.696. The molecule has 0 bridgehead atoms. The van der Waals surface area contributed by atoms with E-state index in [0.717, 1.165) is 0 Å². The molecular formula is C19H21ClN2O3. The van der Waals surface area contributed by atoms with E-state index in [2.05, 4.69) is 10.6 Å². The molecule has 0 radical (unpaired) electrons. The third-order valence-electron chi connectivity index (χ3n) is 3.29. The van der Waals surface area contributed by atoms with E-state index in [9.17, 15) is 9.59 Å². The van der Waals surface area contributed by atoms with E-state index in [4.69, 9.17) is 16.3 Å². The van der Waals surface area contributed by atoms with Crippen molar-refractivity contribution in [2.75, 3.05) is 11.9 Å². The van der Waals surface area contributed by atoms with Crippen LogP contribution in [0.25, 0.3) is 0 Å². The number of benzene rings is 2. The van der Waals surface area contributed by atoms with Crippen LogP contribution in [0.1, 0.15) is 20.8 Å². The van der Waals surface area contributed by atoms with Gasteiger partial charge in [-0.1, -0.05) is 44.5 Å². The summed E-state index contributed by atoms with van der Waals surface area (Å²) in [6.45, 7) is 5.29. The fraction of sp³-hybridized carbons (Fsp3) is 0.263. The lowest BCUT2D eigenvalue weighted by atomic mass is 9.96. The molecule has 0 saturated carbocycles. The van der Waals surface area contributed by atoms with Crippen molar-refractivity contribution >= 4 is 29.1 Å². The highest BCUT2D eigenvalue weighted by Gasteiger charge is 2.21. The summed E-state index contributed by atoms with van der Waals surface area (Å²) in [5, 5.41) is 5.84. The minimum Gasteiger partial charge on any atom is -0.456 e. The lowest BCUT2D eigenvalue weighted by Crippen LogP contribution is -2.39. The van der Waals surface area contributed by atoms with Crippen molar-refractivity contribution in [1.29, 1.82) is 0 Å². The first-order valence-electron chi connectivity index (χ1n) is 7.86. The average molecular weight is 361 g/mol. The molecule has 2 amide bonds. The van der Waals surface area contributed by atoms with Gasteiger partial charge in [-0.25, -0.2) is 0 Å². The number of carbonyl (C=O) groups is 2. The molecule has 0 aliphatic heterocycles. The van der Waals surface area contributed by atoms with Gasteiger partial charge in [0.1, 0.15) is 11.5 Å². The Bertz CT molecular complexity index is 752. The van der Waals surface area contributed by atoms with Gasteiger partial charge in [-0.2, -0.15) is 0 Å². The molecule has 5 nitrogen and oxygen atoms in total. The van der Waals surface area contributed by atoms with Crippen LogP contribution in [0.15, 0.2) is 48.5 Å². The maximum atomic E-state index is 11.9. The highest BCUT2D eigenvalue weighted by atomic mass is 35.5. The predicted molar refractivity (Wildman–Crippen MR) is 99.1 cm³/mol. The zero-order chi connectivity index (χ0) is 18.4. The number of hydrogen-bond donors (Lipinski definition) is 2. The molecule has 0 saturated heterocycles. The van der Waals surface area contributed by atoms with Gasteiger partial charge in [-0.15, -0.1) is 0 Å². The molecule has 0 fully saturated rings. The van der Waals surface area contributed by atoms with Gasteiger partial charge in [-0.05, 0) is 36.4 Å². The number of hydrogen-bond acceptors (Lipinski definition) is 3. The number of amides is 2. The topological polar surface area (TPSA) is 67.4 Å². The van der Waals surface area contributed by atoms with E-state index in [1.54, 1.807) is 57.2 Å². The first-order valence-corrected chi connectivity index (χ1v) is 8.24. The number of carbonyl (C=O) groups excluding carboxylic acids is 2. The molecule has 0 heterocycles. The Morgan fingerprint density at radius 3 is 2.28 bits per heavy atom. The highest BCUT2D eigenvalue weighted by Crippen LogP contribution is 2.29. The Hall–Kier alpha value is -2.53. The lowest BCUT2D eigenvalue weighted by molar-refractivity contribution is -0.130. The van der Waals surface area contributed by atoms with Crippen molar-refractivity contribution < 1.29 is 14.3 Å². The van der Waals surface area contributed by atoms with Crippen LogP contribution in [0.4, 0.5) is 5.69 Å². The van der Waals surface area contributed by atoms with Crippen molar-refractivity contribution in [1.82, 2.24) is 5.32 Å². The van der Waals surface area contributed by atoms with Crippen LogP contribution >= 0.6 is 11.6 Å². The molecule has 2 aromatic rings. The summed E-state index contributed by atoms with van der Waals surface area (Å²) in [5.41, 5.74) is 0.0827. The second kappa shape index (κ2) is 8.03. The van der Waals surface area contributed by atoms with Crippen molar-refractivity contribution in [3.05, 3.63) is 53.6 Å². The molecular weight excluding hydrogens is 340 g/mol. The van der Waals surface area contributed by atoms with Crippen LogP contribution in [0.2, 0.25) is 5.02 Å². The van der Waals surface area contributed by atoms with Gasteiger partial charge >= 0.3 is 0 Å². The molecule has 132 valence electrons. The second-order valence-corrected chi connectivity index (χ2v) is 6.94. The summed E-state index contributed by atoms with van der Waals surface area (Å²) in [6, 6.07) is 14.1. The van der Waals surface area contributed by atoms with Crippen molar-refractivity contribution in [2.45, 2.75) is 20.8 Å². The molecule has 0 atom stereocenters. The first kappa shape index (κ1) is 18.8. The Labute approximate surface area is 152 Å². The molecule has 2 N–H and O–H groups in total. The van der Waals surface area contributed by atoms with Gasteiger partial charge in [0.25, 0.3) is 0 Å². The predicted octanol–water partition coefficient (Wildman–Crippen LogP) is 4.23. The monoisotopic (exact) mass is 360 g/mol. The third-order valence-corrected chi connectivity index (χ3v) is 3.61. The fourth-order valence-electron chi connectivity index (χ4n) is 1.89. The van der Waals surface area contributed by atoms with E-state index in [1.807, 2.05) is 12.1 Å². The molecule has 2 aromatic carbocycles. The van der Waals surface area contributed by atoms with E-state index >= 15 is 0 Å². The molecule has 0 aliphatic rings. The van der Waals surface area contributed by atoms with Gasteiger partial charge in [0.05, 0.1) is 11.6 Å². The van der Waals surface area contributed by atoms with Crippen molar-refractivity contribution in [2.24, 2.45) is 5.41 Å². The largest absolute Gasteiger partial charge is 0.456 e. The number of nitrogens with one attached hydrogen (secondary N) is 2. The summed E-state index contributed by atoms with van der Waals surface area (Å²) < 4.78 is 5.68. The van der Waals surface area contributed by atoms with Gasteiger partial charge in [0.2, 0.25) is 11.8 Å². The van der Waals surface area contributed by atoms with Crippen LogP contribution in [-0.2, 0) is 9.59 Å². The van der Waals surface area contributed by atoms with Crippen molar-refractivity contribution in [3.8, 4) is 11.5 Å². The quantitative estimate of drug-likeness (QED) is 0.838. The fourth-order valence-corrected chi connectivity index (χ4v) is 2.07. The van der Waals surface area contributed by atoms with E-state index in [1.165, 1.54) is 0 Å². The normalized spacial score (nSPS) is 10.9. The molecule has 0 spiro atoms. The Morgan fingerprint density at radius 1 is 1.04 bits per heavy atom. The van der Waals surface area contributed by atoms with Gasteiger partial charge in [0.15, 0.2) is 0 Å². The minimum absolute atomic E-state index is 0.0754. The van der Waals surface area contributed by atoms with E-state index < -0.39 is 5.41 Å². The average Bonchev–Trinajstić information content (AvgIpc) is 2.55. The van der Waals surface area contributed by atoms with Gasteiger partial charge in [-0.3, -0.25) is 9.59 Å². The van der Waals surface area contributed by atoms with E-state index in [-0.39, 0.29) is 18.4 Å². The Kier molecular flexibility index (Phi) is 6.04. The first-order chi connectivity index (χ1) is 11.8. The number of ether oxygens (including phenoxy) is 1. The number of para-hydroxylation sites is 1. The third kappa shape index (κ3) is 5.80. The SMILES string of the molecule is CC(C)(C)C(=O)NCC(=O)Nc1ccc(Oc2ccccc2Cl)cc1. The van der Waals surface area contributed by atoms with Crippen LogP contribution in [-0.4, -0.2) is 18.4 Å². The van der Waals surface area contributed by atoms with Crippen LogP contribution in [0.5, 0.6) is 11.5 Å². The summed E-state index contributed by atoms with van der Waals surface area (Å²) in [4.78, 5) is 23.6. The minimum atomic E-state index is -0.530. The standard InChI is InChI=1S/C19H21ClN2O3/c1-19(2,3)18(24)21-12-17(23)22-13-8-10-14(11-9-13)25-16-7-5-4-6-15(16)20/h4-11H,12H2,1-3H3,(H,21,24)(H,22,23). The Balaban J connectivity index is 1.89. The maximum Gasteiger partial charge on any atom is 0.243 e. The summed E-state index contributed by atoms with van der Waals surface area (Å²) in [7, 11) is 0. The molecule has 0 unspecified atom stereocenters. The zero-order valence-electron chi connectivity index (χ0n) is 14.4. The van der Waals surface area contributed by atoms with Crippen LogP contribution in [0.3, 0.4) is 0 Å². The van der Waals surface area contributed by atoms with Crippen molar-refractivity contribution in [3.63, 3.8) is 0 Å². The second-order valence-electron chi connectivity index (χ2n) is 6.54. The summed E-state index contributed by atoms with van der Waals surface area (Å²) >= 11 is 6.05. The summed E-state index contributed by atoms with van der Waals surface area (Å²) in [6.07, 6.45) is 0. The Morgan fingerprint density at radius 2 is 1.68 bits per heavy atom. The maximum absolute atomic E-state index is 11.9. The zero-order valence-corrected chi connectivity index (χ0v) is 15.2. The van der Waals surface area contributed by atoms with Gasteiger partial charge in [0, 0.05) is 11.1 Å². The number of rotatable bonds is 5. The van der Waals surface area contributed by atoms with Crippen LogP contribution < -0.4 is 15.4 Å². The lowest BCUT2D eigenvalue weighted by Gasteiger charge is -2.17. The molecule has 0 aromatic heterocycles. The molecule has 6 heteroatoms. The van der Waals surface area contributed by atoms with Gasteiger partial charge < -0.3 is 15.4 Å². The molecule has 25 heavy (non-hydrogen) atoms. The smallest absolute Gasteiger partial charge is 0.243 e.